The molecule has 0 saturated carbocycles. The quantitative estimate of drug-likeness (QED) is 0.0214. The van der Waals surface area contributed by atoms with Crippen LogP contribution < -0.4 is 29.6 Å². The fourth-order valence-electron chi connectivity index (χ4n) is 7.02. The van der Waals surface area contributed by atoms with E-state index in [1.165, 1.54) is 166 Å². The van der Waals surface area contributed by atoms with Crippen LogP contribution in [0.15, 0.2) is 47.4 Å². The fourth-order valence-corrected chi connectivity index (χ4v) is 7.71. The van der Waals surface area contributed by atoms with Gasteiger partial charge in [0, 0.05) is 0 Å². The first-order valence-electron chi connectivity index (χ1n) is 23.1. The van der Waals surface area contributed by atoms with E-state index in [-0.39, 0.29) is 48.3 Å². The second-order valence-corrected chi connectivity index (χ2v) is 17.0. The second-order valence-electron chi connectivity index (χ2n) is 15.7. The first-order chi connectivity index (χ1) is 27.3. The van der Waals surface area contributed by atoms with Crippen LogP contribution >= 0.6 is 0 Å². The van der Waals surface area contributed by atoms with Gasteiger partial charge in [0.05, 0.1) is 29.2 Å². The Morgan fingerprint density at radius 3 is 1.16 bits per heavy atom. The maximum absolute atomic E-state index is 13.0. The van der Waals surface area contributed by atoms with E-state index in [1.54, 1.807) is 0 Å². The molecule has 0 atom stereocenters. The summed E-state index contributed by atoms with van der Waals surface area (Å²) in [7, 11) is -5.02. The number of allylic oxidation sites excluding steroid dienone is 4. The Morgan fingerprint density at radius 1 is 0.491 bits per heavy atom. The van der Waals surface area contributed by atoms with Gasteiger partial charge in [0.15, 0.2) is 0 Å². The molecule has 0 aliphatic heterocycles. The molecule has 0 heterocycles. The van der Waals surface area contributed by atoms with Crippen molar-refractivity contribution < 1.29 is 61.6 Å². The molecule has 0 aromatic heterocycles. The summed E-state index contributed by atoms with van der Waals surface area (Å²) >= 11 is 0. The minimum absolute atomic E-state index is 0. The third-order valence-corrected chi connectivity index (χ3v) is 11.3. The molecular formula is C48H81NaO7S. The van der Waals surface area contributed by atoms with Crippen LogP contribution in [0.5, 0.6) is 0 Å². The van der Waals surface area contributed by atoms with E-state index in [9.17, 15) is 22.6 Å². The molecule has 0 unspecified atom stereocenters. The zero-order chi connectivity index (χ0) is 40.8. The van der Waals surface area contributed by atoms with Crippen molar-refractivity contribution in [1.29, 1.82) is 0 Å². The van der Waals surface area contributed by atoms with E-state index in [4.69, 9.17) is 9.47 Å². The van der Waals surface area contributed by atoms with Crippen LogP contribution in [0, 0.1) is 0 Å². The van der Waals surface area contributed by atoms with Gasteiger partial charge < -0.3 is 14.0 Å². The summed E-state index contributed by atoms with van der Waals surface area (Å²) < 4.78 is 46.8. The van der Waals surface area contributed by atoms with E-state index in [2.05, 4.69) is 38.2 Å². The Morgan fingerprint density at radius 2 is 0.807 bits per heavy atom. The van der Waals surface area contributed by atoms with Gasteiger partial charge in [-0.3, -0.25) is 0 Å². The first-order valence-corrected chi connectivity index (χ1v) is 24.5. The predicted molar refractivity (Wildman–Crippen MR) is 232 cm³/mol. The molecule has 0 radical (unpaired) electrons. The molecule has 0 aliphatic rings. The Balaban J connectivity index is 0.0000314. The third kappa shape index (κ3) is 32.1. The predicted octanol–water partition coefficient (Wildman–Crippen LogP) is 11.5. The van der Waals surface area contributed by atoms with Crippen molar-refractivity contribution in [2.24, 2.45) is 0 Å². The van der Waals surface area contributed by atoms with Gasteiger partial charge >= 0.3 is 41.5 Å². The van der Waals surface area contributed by atoms with Gasteiger partial charge in [0.1, 0.15) is 10.1 Å². The van der Waals surface area contributed by atoms with Crippen molar-refractivity contribution in [1.82, 2.24) is 0 Å². The van der Waals surface area contributed by atoms with Crippen molar-refractivity contribution >= 4 is 22.1 Å². The summed E-state index contributed by atoms with van der Waals surface area (Å²) in [5.41, 5.74) is -0.774. The Hall–Kier alpha value is -1.45. The number of rotatable bonds is 39. The average Bonchev–Trinajstić information content (AvgIpc) is 3.18. The average molecular weight is 825 g/mol. The molecule has 1 aromatic carbocycles. The van der Waals surface area contributed by atoms with Crippen LogP contribution in [-0.4, -0.2) is 38.1 Å². The van der Waals surface area contributed by atoms with Crippen molar-refractivity contribution in [3.63, 3.8) is 0 Å². The van der Waals surface area contributed by atoms with Gasteiger partial charge in [0.25, 0.3) is 0 Å². The standard InChI is InChI=1S/C48H82O7S.Na/c1-3-5-7-9-11-13-15-17-19-21-23-25-27-29-31-33-35-37-42-54-47(49)44-40-39-41-45(56(51,52)53)46(44)48(50)55-43-38-36-34-32-30-28-26-24-22-20-18-16-14-12-10-8-6-4-2;/h7-10,39-41H,3-6,11-38,42-43H2,1-2H3,(H,51,52,53);/q;+1/p-1/b9-7+,10-8+;. The van der Waals surface area contributed by atoms with Crippen LogP contribution in [0.1, 0.15) is 240 Å². The fraction of sp³-hybridized carbons (Fsp3) is 0.750. The van der Waals surface area contributed by atoms with Crippen LogP contribution in [-0.2, 0) is 19.6 Å². The van der Waals surface area contributed by atoms with Gasteiger partial charge in [0.2, 0.25) is 0 Å². The molecule has 7 nitrogen and oxygen atoms in total. The second kappa shape index (κ2) is 40.0. The number of esters is 2. The zero-order valence-electron chi connectivity index (χ0n) is 36.8. The Bertz CT molecular complexity index is 1280. The summed E-state index contributed by atoms with van der Waals surface area (Å²) in [6.07, 6.45) is 47.5. The molecule has 0 saturated heterocycles. The zero-order valence-corrected chi connectivity index (χ0v) is 39.7. The molecule has 0 fully saturated rings. The van der Waals surface area contributed by atoms with Crippen molar-refractivity contribution in [2.45, 2.75) is 224 Å². The minimum atomic E-state index is -5.02. The van der Waals surface area contributed by atoms with Gasteiger partial charge in [-0.05, 0) is 63.5 Å². The number of ether oxygens (including phenoxy) is 2. The van der Waals surface area contributed by atoms with Crippen molar-refractivity contribution in [3.8, 4) is 0 Å². The summed E-state index contributed by atoms with van der Waals surface area (Å²) in [4.78, 5) is 25.2. The molecule has 0 aliphatic carbocycles. The van der Waals surface area contributed by atoms with E-state index < -0.39 is 32.5 Å². The van der Waals surface area contributed by atoms with E-state index >= 15 is 0 Å². The normalized spacial score (nSPS) is 11.7. The molecule has 0 amide bonds. The maximum atomic E-state index is 13.0. The van der Waals surface area contributed by atoms with Crippen molar-refractivity contribution in [2.75, 3.05) is 13.2 Å². The smallest absolute Gasteiger partial charge is 0.744 e. The van der Waals surface area contributed by atoms with E-state index in [1.807, 2.05) is 0 Å². The Kier molecular flexibility index (Phi) is 39.0. The minimum Gasteiger partial charge on any atom is -0.744 e. The summed E-state index contributed by atoms with van der Waals surface area (Å²) in [5, 5.41) is 0. The number of hydrogen-bond donors (Lipinski definition) is 0. The molecule has 1 aromatic rings. The number of benzene rings is 1. The van der Waals surface area contributed by atoms with E-state index in [0.29, 0.717) is 12.8 Å². The molecule has 9 heteroatoms. The van der Waals surface area contributed by atoms with Crippen LogP contribution in [0.25, 0.3) is 0 Å². The molecule has 1 rings (SSSR count). The SMILES string of the molecule is CCC/C=C/CCCCCCCCCCCCCCCOC(=O)c1cccc(S(=O)(=O)[O-])c1C(=O)OCCCCCCCCCCCCCCC/C=C/CCC.[Na+]. The maximum Gasteiger partial charge on any atom is 1.00 e. The van der Waals surface area contributed by atoms with Gasteiger partial charge in [-0.1, -0.05) is 198 Å². The third-order valence-electron chi connectivity index (χ3n) is 10.5. The van der Waals surface area contributed by atoms with Gasteiger partial charge in [-0.25, -0.2) is 18.0 Å². The number of unbranched alkanes of at least 4 members (excludes halogenated alkanes) is 28. The van der Waals surface area contributed by atoms with Crippen LogP contribution in [0.4, 0.5) is 0 Å². The molecule has 322 valence electrons. The number of carbonyl (C=O) groups is 2. The van der Waals surface area contributed by atoms with E-state index in [0.717, 1.165) is 44.6 Å². The molecule has 0 N–H and O–H groups in total. The van der Waals surface area contributed by atoms with Gasteiger partial charge in [-0.2, -0.15) is 0 Å². The van der Waals surface area contributed by atoms with Crippen molar-refractivity contribution in [3.05, 3.63) is 53.6 Å². The molecule has 0 spiro atoms. The number of hydrogen-bond acceptors (Lipinski definition) is 7. The first kappa shape index (κ1) is 55.5. The summed E-state index contributed by atoms with van der Waals surface area (Å²) in [6.45, 7) is 4.68. The Labute approximate surface area is 372 Å². The molecular weight excluding hydrogens is 744 g/mol. The van der Waals surface area contributed by atoms with Crippen LogP contribution in [0.3, 0.4) is 0 Å². The van der Waals surface area contributed by atoms with Gasteiger partial charge in [-0.15, -0.1) is 0 Å². The van der Waals surface area contributed by atoms with Crippen LogP contribution in [0.2, 0.25) is 0 Å². The topological polar surface area (TPSA) is 110 Å². The molecule has 57 heavy (non-hydrogen) atoms. The summed E-state index contributed by atoms with van der Waals surface area (Å²) in [5.74, 6) is -1.81. The monoisotopic (exact) mass is 825 g/mol. The summed E-state index contributed by atoms with van der Waals surface area (Å²) in [6, 6.07) is 3.64. The largest absolute Gasteiger partial charge is 1.00 e. The number of carbonyl (C=O) groups excluding carboxylic acids is 2. The molecule has 0 bridgehead atoms.